The maximum Gasteiger partial charge on any atom is 0.325 e. The quantitative estimate of drug-likeness (QED) is 0.818. The largest absolute Gasteiger partial charge is 0.480 e. The Morgan fingerprint density at radius 3 is 2.65 bits per heavy atom. The van der Waals surface area contributed by atoms with Crippen LogP contribution in [-0.4, -0.2) is 17.1 Å². The molecule has 1 aromatic carbocycles. The van der Waals surface area contributed by atoms with Crippen LogP contribution in [0.25, 0.3) is 0 Å². The van der Waals surface area contributed by atoms with Crippen molar-refractivity contribution in [2.24, 2.45) is 0 Å². The summed E-state index contributed by atoms with van der Waals surface area (Å²) >= 11 is 0. The maximum atomic E-state index is 11.3. The highest BCUT2D eigenvalue weighted by molar-refractivity contribution is 5.75. The molecule has 3 heteroatoms. The molecule has 1 aromatic rings. The molecule has 1 unspecified atom stereocenters. The first kappa shape index (κ1) is 10.8. The highest BCUT2D eigenvalue weighted by atomic mass is 16.4. The van der Waals surface area contributed by atoms with E-state index >= 15 is 0 Å². The number of benzene rings is 1. The number of carboxylic acid groups (broad SMARTS) is 1. The van der Waals surface area contributed by atoms with E-state index in [0.29, 0.717) is 12.0 Å². The Kier molecular flexibility index (Phi) is 2.63. The fraction of sp³-hybridized carbons (Fsp3) is 0.500. The van der Waals surface area contributed by atoms with Crippen molar-refractivity contribution in [1.29, 1.82) is 0 Å². The number of carboxylic acids is 1. The topological polar surface area (TPSA) is 49.3 Å². The number of rotatable bonds is 5. The number of hydrogen-bond donors (Lipinski definition) is 2. The molecule has 0 aliphatic heterocycles. The smallest absolute Gasteiger partial charge is 0.325 e. The summed E-state index contributed by atoms with van der Waals surface area (Å²) in [6.45, 7) is 0. The first-order valence-electron chi connectivity index (χ1n) is 6.33. The number of carbonyl (C=O) groups is 1. The van der Waals surface area contributed by atoms with Gasteiger partial charge in [-0.15, -0.1) is 0 Å². The standard InChI is InChI=1S/C14H17NO2/c16-14(17)13(15-12-6-7-12)11-3-1-2-10(8-11)9-4-5-9/h1-3,8-9,12-13,15H,4-7H2,(H,16,17). The van der Waals surface area contributed by atoms with Crippen molar-refractivity contribution < 1.29 is 9.90 Å². The molecule has 2 fully saturated rings. The molecule has 2 N–H and O–H groups in total. The maximum absolute atomic E-state index is 11.3. The third-order valence-corrected chi connectivity index (χ3v) is 3.52. The number of hydrogen-bond acceptors (Lipinski definition) is 2. The molecule has 3 rings (SSSR count). The van der Waals surface area contributed by atoms with Gasteiger partial charge in [-0.3, -0.25) is 10.1 Å². The Morgan fingerprint density at radius 2 is 2.06 bits per heavy atom. The van der Waals surface area contributed by atoms with Gasteiger partial charge in [0.25, 0.3) is 0 Å². The fourth-order valence-corrected chi connectivity index (χ4v) is 2.20. The summed E-state index contributed by atoms with van der Waals surface area (Å²) in [5.74, 6) is -0.102. The summed E-state index contributed by atoms with van der Waals surface area (Å²) < 4.78 is 0. The Hall–Kier alpha value is -1.35. The predicted molar refractivity (Wildman–Crippen MR) is 65.0 cm³/mol. The van der Waals surface area contributed by atoms with Crippen molar-refractivity contribution in [1.82, 2.24) is 5.32 Å². The summed E-state index contributed by atoms with van der Waals surface area (Å²) in [5.41, 5.74) is 2.19. The van der Waals surface area contributed by atoms with E-state index in [2.05, 4.69) is 17.4 Å². The third-order valence-electron chi connectivity index (χ3n) is 3.52. The lowest BCUT2D eigenvalue weighted by Crippen LogP contribution is -2.30. The van der Waals surface area contributed by atoms with Crippen LogP contribution in [-0.2, 0) is 4.79 Å². The van der Waals surface area contributed by atoms with Gasteiger partial charge in [0.2, 0.25) is 0 Å². The molecule has 1 atom stereocenters. The molecule has 0 amide bonds. The number of aliphatic carboxylic acids is 1. The minimum atomic E-state index is -0.773. The predicted octanol–water partition coefficient (Wildman–Crippen LogP) is 2.44. The first-order valence-corrected chi connectivity index (χ1v) is 6.33. The van der Waals surface area contributed by atoms with Gasteiger partial charge in [-0.05, 0) is 42.7 Å². The van der Waals surface area contributed by atoms with Crippen LogP contribution in [0.5, 0.6) is 0 Å². The summed E-state index contributed by atoms with van der Waals surface area (Å²) in [4.78, 5) is 11.3. The molecule has 17 heavy (non-hydrogen) atoms. The number of nitrogens with one attached hydrogen (secondary N) is 1. The van der Waals surface area contributed by atoms with Crippen molar-refractivity contribution in [3.8, 4) is 0 Å². The minimum Gasteiger partial charge on any atom is -0.480 e. The minimum absolute atomic E-state index is 0.403. The Labute approximate surface area is 101 Å². The molecular weight excluding hydrogens is 214 g/mol. The second-order valence-corrected chi connectivity index (χ2v) is 5.16. The second kappa shape index (κ2) is 4.15. The van der Waals surface area contributed by atoms with Gasteiger partial charge in [0, 0.05) is 6.04 Å². The summed E-state index contributed by atoms with van der Waals surface area (Å²) in [7, 11) is 0. The van der Waals surface area contributed by atoms with Crippen molar-refractivity contribution in [2.45, 2.75) is 43.7 Å². The fourth-order valence-electron chi connectivity index (χ4n) is 2.20. The highest BCUT2D eigenvalue weighted by Gasteiger charge is 2.30. The van der Waals surface area contributed by atoms with Gasteiger partial charge in [-0.25, -0.2) is 0 Å². The Balaban J connectivity index is 1.82. The van der Waals surface area contributed by atoms with Crippen molar-refractivity contribution in [3.05, 3.63) is 35.4 Å². The van der Waals surface area contributed by atoms with Gasteiger partial charge in [0.1, 0.15) is 6.04 Å². The molecule has 0 bridgehead atoms. The van der Waals surface area contributed by atoms with Gasteiger partial charge in [-0.2, -0.15) is 0 Å². The summed E-state index contributed by atoms with van der Waals surface area (Å²) in [5, 5.41) is 12.5. The van der Waals surface area contributed by atoms with Gasteiger partial charge in [0.15, 0.2) is 0 Å². The van der Waals surface area contributed by atoms with Crippen molar-refractivity contribution in [3.63, 3.8) is 0 Å². The molecule has 0 radical (unpaired) electrons. The normalized spacial score (nSPS) is 21.2. The first-order chi connectivity index (χ1) is 8.24. The van der Waals surface area contributed by atoms with Crippen LogP contribution >= 0.6 is 0 Å². The molecule has 0 spiro atoms. The van der Waals surface area contributed by atoms with E-state index in [4.69, 9.17) is 0 Å². The Bertz CT molecular complexity index is 436. The van der Waals surface area contributed by atoms with Crippen LogP contribution in [0, 0.1) is 0 Å². The van der Waals surface area contributed by atoms with E-state index in [9.17, 15) is 9.90 Å². The van der Waals surface area contributed by atoms with Crippen LogP contribution in [0.2, 0.25) is 0 Å². The van der Waals surface area contributed by atoms with Crippen LogP contribution < -0.4 is 5.32 Å². The lowest BCUT2D eigenvalue weighted by atomic mass is 10.0. The van der Waals surface area contributed by atoms with Crippen LogP contribution in [0.4, 0.5) is 0 Å². The zero-order chi connectivity index (χ0) is 11.8. The van der Waals surface area contributed by atoms with Gasteiger partial charge in [-0.1, -0.05) is 24.3 Å². The monoisotopic (exact) mass is 231 g/mol. The average Bonchev–Trinajstić information content (AvgIpc) is 3.17. The summed E-state index contributed by atoms with van der Waals surface area (Å²) in [6, 6.07) is 7.93. The van der Waals surface area contributed by atoms with E-state index in [0.717, 1.165) is 18.4 Å². The molecule has 3 nitrogen and oxygen atoms in total. The van der Waals surface area contributed by atoms with E-state index in [1.54, 1.807) is 0 Å². The molecule has 0 aromatic heterocycles. The summed E-state index contributed by atoms with van der Waals surface area (Å²) in [6.07, 6.45) is 4.70. The van der Waals surface area contributed by atoms with Gasteiger partial charge < -0.3 is 5.11 Å². The second-order valence-electron chi connectivity index (χ2n) is 5.16. The Morgan fingerprint density at radius 1 is 1.29 bits per heavy atom. The van der Waals surface area contributed by atoms with E-state index in [-0.39, 0.29) is 0 Å². The van der Waals surface area contributed by atoms with E-state index in [1.807, 2.05) is 12.1 Å². The third kappa shape index (κ3) is 2.50. The van der Waals surface area contributed by atoms with Crippen LogP contribution in [0.1, 0.15) is 48.8 Å². The molecular formula is C14H17NO2. The molecule has 90 valence electrons. The van der Waals surface area contributed by atoms with Gasteiger partial charge in [0.05, 0.1) is 0 Å². The molecule has 2 aliphatic rings. The zero-order valence-corrected chi connectivity index (χ0v) is 9.73. The lowest BCUT2D eigenvalue weighted by Gasteiger charge is -2.15. The van der Waals surface area contributed by atoms with Crippen LogP contribution in [0.15, 0.2) is 24.3 Å². The highest BCUT2D eigenvalue weighted by Crippen LogP contribution is 2.40. The van der Waals surface area contributed by atoms with E-state index in [1.165, 1.54) is 18.4 Å². The van der Waals surface area contributed by atoms with E-state index < -0.39 is 12.0 Å². The molecule has 0 saturated heterocycles. The zero-order valence-electron chi connectivity index (χ0n) is 9.73. The van der Waals surface area contributed by atoms with Crippen LogP contribution in [0.3, 0.4) is 0 Å². The SMILES string of the molecule is O=C(O)C(NC1CC1)c1cccc(C2CC2)c1. The lowest BCUT2D eigenvalue weighted by molar-refractivity contribution is -0.139. The molecule has 2 saturated carbocycles. The van der Waals surface area contributed by atoms with Gasteiger partial charge >= 0.3 is 5.97 Å². The molecule has 2 aliphatic carbocycles. The molecule has 0 heterocycles. The van der Waals surface area contributed by atoms with Crippen molar-refractivity contribution >= 4 is 5.97 Å². The van der Waals surface area contributed by atoms with Crippen molar-refractivity contribution in [2.75, 3.05) is 0 Å². The average molecular weight is 231 g/mol.